The zero-order valence-corrected chi connectivity index (χ0v) is 12.1. The fraction of sp³-hybridized carbons (Fsp3) is 0.500. The Bertz CT molecular complexity index is 471. The van der Waals surface area contributed by atoms with Gasteiger partial charge in [0.1, 0.15) is 6.04 Å². The summed E-state index contributed by atoms with van der Waals surface area (Å²) in [5.41, 5.74) is 1.27. The summed E-state index contributed by atoms with van der Waals surface area (Å²) in [5, 5.41) is 2.67. The Labute approximate surface area is 120 Å². The molecule has 1 N–H and O–H groups in total. The number of hydrogen-bond acceptors (Lipinski definition) is 2. The second-order valence-electron chi connectivity index (χ2n) is 5.58. The largest absolute Gasteiger partial charge is 0.345 e. The highest BCUT2D eigenvalue weighted by molar-refractivity contribution is 5.94. The number of amides is 2. The monoisotopic (exact) mass is 274 g/mol. The smallest absolute Gasteiger partial charge is 0.243 e. The lowest BCUT2D eigenvalue weighted by Crippen LogP contribution is -2.60. The van der Waals surface area contributed by atoms with Crippen LogP contribution in [-0.4, -0.2) is 35.8 Å². The van der Waals surface area contributed by atoms with Gasteiger partial charge in [-0.3, -0.25) is 9.59 Å². The molecule has 4 heteroatoms. The summed E-state index contributed by atoms with van der Waals surface area (Å²) in [4.78, 5) is 25.7. The molecule has 0 aliphatic carbocycles. The average molecular weight is 274 g/mol. The van der Waals surface area contributed by atoms with E-state index in [1.165, 1.54) is 5.56 Å². The van der Waals surface area contributed by atoms with Crippen molar-refractivity contribution in [3.05, 3.63) is 35.9 Å². The lowest BCUT2D eigenvalue weighted by Gasteiger charge is -2.37. The second kappa shape index (κ2) is 6.55. The van der Waals surface area contributed by atoms with Gasteiger partial charge in [-0.25, -0.2) is 0 Å². The summed E-state index contributed by atoms with van der Waals surface area (Å²) < 4.78 is 0. The third-order valence-corrected chi connectivity index (χ3v) is 3.68. The molecule has 2 rings (SSSR count). The van der Waals surface area contributed by atoms with Crippen LogP contribution in [0, 0.1) is 5.92 Å². The van der Waals surface area contributed by atoms with E-state index in [0.717, 1.165) is 12.8 Å². The van der Waals surface area contributed by atoms with Crippen LogP contribution in [0.5, 0.6) is 0 Å². The molecule has 1 saturated heterocycles. The van der Waals surface area contributed by atoms with E-state index < -0.39 is 0 Å². The minimum absolute atomic E-state index is 0.0244. The Balaban J connectivity index is 1.94. The molecule has 0 aromatic heterocycles. The van der Waals surface area contributed by atoms with Crippen LogP contribution in [0.1, 0.15) is 25.8 Å². The molecule has 2 amide bonds. The Morgan fingerprint density at radius 1 is 1.25 bits per heavy atom. The third kappa shape index (κ3) is 3.38. The molecule has 0 spiro atoms. The number of hydrogen-bond donors (Lipinski definition) is 1. The number of carbonyl (C=O) groups excluding carboxylic acids is 2. The van der Waals surface area contributed by atoms with Crippen LogP contribution in [0.25, 0.3) is 0 Å². The molecule has 1 heterocycles. The van der Waals surface area contributed by atoms with Crippen LogP contribution < -0.4 is 5.32 Å². The fourth-order valence-corrected chi connectivity index (χ4v) is 2.69. The summed E-state index contributed by atoms with van der Waals surface area (Å²) in [7, 11) is 0. The van der Waals surface area contributed by atoms with Crippen LogP contribution in [0.2, 0.25) is 0 Å². The van der Waals surface area contributed by atoms with Gasteiger partial charge in [0.05, 0.1) is 6.54 Å². The van der Waals surface area contributed by atoms with Crippen LogP contribution >= 0.6 is 0 Å². The first kappa shape index (κ1) is 14.6. The van der Waals surface area contributed by atoms with Crippen molar-refractivity contribution in [1.82, 2.24) is 10.2 Å². The first-order valence-corrected chi connectivity index (χ1v) is 7.20. The summed E-state index contributed by atoms with van der Waals surface area (Å²) in [6.07, 6.45) is 1.81. The maximum Gasteiger partial charge on any atom is 0.243 e. The maximum atomic E-state index is 12.0. The zero-order chi connectivity index (χ0) is 14.5. The topological polar surface area (TPSA) is 49.4 Å². The van der Waals surface area contributed by atoms with Gasteiger partial charge in [-0.2, -0.15) is 0 Å². The van der Waals surface area contributed by atoms with E-state index >= 15 is 0 Å². The van der Waals surface area contributed by atoms with E-state index in [-0.39, 0.29) is 30.3 Å². The van der Waals surface area contributed by atoms with Gasteiger partial charge in [-0.1, -0.05) is 44.2 Å². The van der Waals surface area contributed by atoms with Gasteiger partial charge < -0.3 is 10.2 Å². The second-order valence-corrected chi connectivity index (χ2v) is 5.58. The van der Waals surface area contributed by atoms with Gasteiger partial charge >= 0.3 is 0 Å². The standard InChI is InChI=1S/C16H22N2O2/c1-12(2)15-16(20)17-11-14(19)18(15)10-6-9-13-7-4-3-5-8-13/h3-5,7-8,12,15H,6,9-11H2,1-2H3,(H,17,20). The Morgan fingerprint density at radius 3 is 2.60 bits per heavy atom. The quantitative estimate of drug-likeness (QED) is 0.886. The van der Waals surface area contributed by atoms with E-state index in [4.69, 9.17) is 0 Å². The van der Waals surface area contributed by atoms with E-state index in [1.54, 1.807) is 4.90 Å². The van der Waals surface area contributed by atoms with Gasteiger partial charge in [-0.05, 0) is 24.3 Å². The summed E-state index contributed by atoms with van der Waals surface area (Å²) >= 11 is 0. The van der Waals surface area contributed by atoms with Crippen molar-refractivity contribution < 1.29 is 9.59 Å². The molecule has 4 nitrogen and oxygen atoms in total. The van der Waals surface area contributed by atoms with Crippen LogP contribution in [-0.2, 0) is 16.0 Å². The highest BCUT2D eigenvalue weighted by atomic mass is 16.2. The molecule has 1 aliphatic heterocycles. The number of piperazine rings is 1. The summed E-state index contributed by atoms with van der Waals surface area (Å²) in [6.45, 7) is 4.73. The van der Waals surface area contributed by atoms with Crippen molar-refractivity contribution in [3.63, 3.8) is 0 Å². The molecule has 0 bridgehead atoms. The van der Waals surface area contributed by atoms with Crippen molar-refractivity contribution in [1.29, 1.82) is 0 Å². The first-order chi connectivity index (χ1) is 9.59. The van der Waals surface area contributed by atoms with Crippen LogP contribution in [0.3, 0.4) is 0 Å². The lowest BCUT2D eigenvalue weighted by atomic mass is 9.98. The molecule has 108 valence electrons. The van der Waals surface area contributed by atoms with Gasteiger partial charge in [0, 0.05) is 6.54 Å². The number of benzene rings is 1. The van der Waals surface area contributed by atoms with Gasteiger partial charge in [0.2, 0.25) is 11.8 Å². The molecule has 0 radical (unpaired) electrons. The normalized spacial score (nSPS) is 19.4. The predicted octanol–water partition coefficient (Wildman–Crippen LogP) is 1.60. The molecule has 1 unspecified atom stereocenters. The van der Waals surface area contributed by atoms with Crippen molar-refractivity contribution in [2.75, 3.05) is 13.1 Å². The molecule has 1 aliphatic rings. The minimum atomic E-state index is -0.327. The highest BCUT2D eigenvalue weighted by Gasteiger charge is 2.35. The lowest BCUT2D eigenvalue weighted by molar-refractivity contribution is -0.147. The van der Waals surface area contributed by atoms with Gasteiger partial charge in [0.25, 0.3) is 0 Å². The van der Waals surface area contributed by atoms with E-state index in [0.29, 0.717) is 6.54 Å². The molecule has 0 saturated carbocycles. The van der Waals surface area contributed by atoms with E-state index in [9.17, 15) is 9.59 Å². The molecule has 1 atom stereocenters. The number of nitrogens with zero attached hydrogens (tertiary/aromatic N) is 1. The molecule has 1 aromatic carbocycles. The number of nitrogens with one attached hydrogen (secondary N) is 1. The summed E-state index contributed by atoms with van der Waals surface area (Å²) in [5.74, 6) is 0.131. The maximum absolute atomic E-state index is 12.0. The fourth-order valence-electron chi connectivity index (χ4n) is 2.69. The highest BCUT2D eigenvalue weighted by Crippen LogP contribution is 2.16. The number of rotatable bonds is 5. The molecule has 1 aromatic rings. The molecule has 1 fully saturated rings. The Morgan fingerprint density at radius 2 is 1.95 bits per heavy atom. The number of aryl methyl sites for hydroxylation is 1. The minimum Gasteiger partial charge on any atom is -0.345 e. The molecular weight excluding hydrogens is 252 g/mol. The molecular formula is C16H22N2O2. The van der Waals surface area contributed by atoms with Crippen molar-refractivity contribution in [2.24, 2.45) is 5.92 Å². The molecule has 20 heavy (non-hydrogen) atoms. The SMILES string of the molecule is CC(C)C1C(=O)NCC(=O)N1CCCc1ccccc1. The van der Waals surface area contributed by atoms with Crippen LogP contribution in [0.4, 0.5) is 0 Å². The predicted molar refractivity (Wildman–Crippen MR) is 78.1 cm³/mol. The van der Waals surface area contributed by atoms with E-state index in [1.807, 2.05) is 32.0 Å². The Kier molecular flexibility index (Phi) is 4.77. The zero-order valence-electron chi connectivity index (χ0n) is 12.1. The first-order valence-electron chi connectivity index (χ1n) is 7.20. The third-order valence-electron chi connectivity index (χ3n) is 3.68. The van der Waals surface area contributed by atoms with Crippen molar-refractivity contribution in [3.8, 4) is 0 Å². The van der Waals surface area contributed by atoms with Crippen molar-refractivity contribution >= 4 is 11.8 Å². The van der Waals surface area contributed by atoms with Gasteiger partial charge in [0.15, 0.2) is 0 Å². The van der Waals surface area contributed by atoms with E-state index in [2.05, 4.69) is 17.4 Å². The number of carbonyl (C=O) groups is 2. The average Bonchev–Trinajstić information content (AvgIpc) is 2.43. The van der Waals surface area contributed by atoms with Gasteiger partial charge in [-0.15, -0.1) is 0 Å². The van der Waals surface area contributed by atoms with Crippen LogP contribution in [0.15, 0.2) is 30.3 Å². The van der Waals surface area contributed by atoms with Crippen molar-refractivity contribution in [2.45, 2.75) is 32.7 Å². The summed E-state index contributed by atoms with van der Waals surface area (Å²) in [6, 6.07) is 9.89. The Hall–Kier alpha value is -1.84.